The van der Waals surface area contributed by atoms with Gasteiger partial charge >= 0.3 is 5.69 Å². The van der Waals surface area contributed by atoms with Crippen LogP contribution >= 0.6 is 23.1 Å². The van der Waals surface area contributed by atoms with E-state index in [9.17, 15) is 9.59 Å². The average Bonchev–Trinajstić information content (AvgIpc) is 3.11. The van der Waals surface area contributed by atoms with Crippen LogP contribution in [-0.2, 0) is 24.2 Å². The van der Waals surface area contributed by atoms with E-state index in [1.807, 2.05) is 9.95 Å². The van der Waals surface area contributed by atoms with E-state index < -0.39 is 0 Å². The van der Waals surface area contributed by atoms with Crippen LogP contribution < -0.4 is 15.9 Å². The normalized spacial score (nSPS) is 13.7. The first-order valence-corrected chi connectivity index (χ1v) is 10.6. The molecule has 0 aliphatic heterocycles. The van der Waals surface area contributed by atoms with Gasteiger partial charge in [0.05, 0.1) is 32.9 Å². The fourth-order valence-corrected chi connectivity index (χ4v) is 4.43. The number of rotatable bonds is 7. The Balaban J connectivity index is 1.75. The standard InChI is InChI=1S/C17H23N5O2S2/c1-21(2)8-9-22-13-6-4-3-5-12(13)15(20-17(22)24)26-11-14(23)19-16-18-7-10-25-16/h7,10H,3-6,8-9,11H2,1-2H3,(H,18,19,23)/p+1. The molecule has 140 valence electrons. The zero-order valence-corrected chi connectivity index (χ0v) is 16.7. The van der Waals surface area contributed by atoms with Gasteiger partial charge in [-0.1, -0.05) is 11.8 Å². The van der Waals surface area contributed by atoms with Crippen LogP contribution in [0.5, 0.6) is 0 Å². The Bertz CT molecular complexity index is 817. The number of thioether (sulfide) groups is 1. The second-order valence-electron chi connectivity index (χ2n) is 6.61. The van der Waals surface area contributed by atoms with Crippen molar-refractivity contribution in [3.8, 4) is 0 Å². The van der Waals surface area contributed by atoms with Crippen LogP contribution in [0.1, 0.15) is 24.1 Å². The van der Waals surface area contributed by atoms with E-state index in [0.29, 0.717) is 16.7 Å². The summed E-state index contributed by atoms with van der Waals surface area (Å²) in [6, 6.07) is 0. The third kappa shape index (κ3) is 4.72. The number of thiazole rings is 1. The number of likely N-dealkylation sites (N-methyl/N-ethyl adjacent to an activating group) is 1. The zero-order chi connectivity index (χ0) is 18.5. The molecule has 0 spiro atoms. The predicted molar refractivity (Wildman–Crippen MR) is 104 cm³/mol. The number of quaternary nitrogens is 1. The quantitative estimate of drug-likeness (QED) is 0.527. The summed E-state index contributed by atoms with van der Waals surface area (Å²) in [5.74, 6) is 0.0984. The number of nitrogens with zero attached hydrogens (tertiary/aromatic N) is 3. The lowest BCUT2D eigenvalue weighted by atomic mass is 9.97. The monoisotopic (exact) mass is 394 g/mol. The Hall–Kier alpha value is -1.71. The van der Waals surface area contributed by atoms with Crippen molar-refractivity contribution in [3.63, 3.8) is 0 Å². The lowest BCUT2D eigenvalue weighted by molar-refractivity contribution is -0.859. The molecule has 0 aromatic carbocycles. The maximum absolute atomic E-state index is 12.5. The molecule has 9 heteroatoms. The Morgan fingerprint density at radius 3 is 2.92 bits per heavy atom. The van der Waals surface area contributed by atoms with Crippen LogP contribution in [-0.4, -0.2) is 46.8 Å². The summed E-state index contributed by atoms with van der Waals surface area (Å²) >= 11 is 2.73. The number of carbonyl (C=O) groups excluding carboxylic acids is 1. The SMILES string of the molecule is C[NH+](C)CCn1c2c(c(SCC(=O)Nc3nccs3)nc1=O)CCCC2. The molecule has 0 fully saturated rings. The highest BCUT2D eigenvalue weighted by Crippen LogP contribution is 2.28. The molecule has 2 aromatic rings. The largest absolute Gasteiger partial charge is 0.349 e. The Labute approximate surface area is 160 Å². The van der Waals surface area contributed by atoms with E-state index >= 15 is 0 Å². The summed E-state index contributed by atoms with van der Waals surface area (Å²) < 4.78 is 1.83. The second kappa shape index (κ2) is 8.79. The number of nitrogens with one attached hydrogen (secondary N) is 2. The highest BCUT2D eigenvalue weighted by Gasteiger charge is 2.21. The van der Waals surface area contributed by atoms with Crippen LogP contribution in [0.3, 0.4) is 0 Å². The Morgan fingerprint density at radius 1 is 1.38 bits per heavy atom. The molecule has 26 heavy (non-hydrogen) atoms. The van der Waals surface area contributed by atoms with Crippen LogP contribution in [0.25, 0.3) is 0 Å². The average molecular weight is 395 g/mol. The number of amides is 1. The first-order chi connectivity index (χ1) is 12.5. The lowest BCUT2D eigenvalue weighted by Crippen LogP contribution is -3.06. The van der Waals surface area contributed by atoms with Crippen LogP contribution in [0.2, 0.25) is 0 Å². The fraction of sp³-hybridized carbons (Fsp3) is 0.529. The predicted octanol–water partition coefficient (Wildman–Crippen LogP) is 0.454. The summed E-state index contributed by atoms with van der Waals surface area (Å²) in [4.78, 5) is 34.3. The topological polar surface area (TPSA) is 81.3 Å². The van der Waals surface area contributed by atoms with Crippen molar-refractivity contribution < 1.29 is 9.69 Å². The van der Waals surface area contributed by atoms with Gasteiger partial charge in [0.1, 0.15) is 5.03 Å². The van der Waals surface area contributed by atoms with Gasteiger partial charge in [0.2, 0.25) is 5.91 Å². The summed E-state index contributed by atoms with van der Waals surface area (Å²) in [6.45, 7) is 1.57. The van der Waals surface area contributed by atoms with Crippen molar-refractivity contribution in [1.82, 2.24) is 14.5 Å². The summed E-state index contributed by atoms with van der Waals surface area (Å²) in [5.41, 5.74) is 2.06. The van der Waals surface area contributed by atoms with Gasteiger partial charge < -0.3 is 10.2 Å². The third-order valence-electron chi connectivity index (χ3n) is 4.30. The first kappa shape index (κ1) is 19.1. The lowest BCUT2D eigenvalue weighted by Gasteiger charge is -2.22. The molecule has 0 saturated carbocycles. The van der Waals surface area contributed by atoms with Crippen molar-refractivity contribution in [2.24, 2.45) is 0 Å². The molecule has 3 rings (SSSR count). The van der Waals surface area contributed by atoms with Gasteiger partial charge in [-0.05, 0) is 25.7 Å². The van der Waals surface area contributed by atoms with E-state index in [-0.39, 0.29) is 17.3 Å². The van der Waals surface area contributed by atoms with E-state index in [1.165, 1.54) is 28.0 Å². The molecule has 0 radical (unpaired) electrons. The molecule has 0 saturated heterocycles. The molecule has 7 nitrogen and oxygen atoms in total. The molecular weight excluding hydrogens is 370 g/mol. The maximum Gasteiger partial charge on any atom is 0.349 e. The highest BCUT2D eigenvalue weighted by atomic mass is 32.2. The van der Waals surface area contributed by atoms with Gasteiger partial charge in [0.15, 0.2) is 5.13 Å². The van der Waals surface area contributed by atoms with Gasteiger partial charge in [-0.2, -0.15) is 4.98 Å². The number of aromatic nitrogens is 3. The summed E-state index contributed by atoms with van der Waals surface area (Å²) in [5, 5.41) is 5.89. The minimum absolute atomic E-state index is 0.128. The summed E-state index contributed by atoms with van der Waals surface area (Å²) in [7, 11) is 4.16. The number of carbonyl (C=O) groups is 1. The van der Waals surface area contributed by atoms with Gasteiger partial charge in [-0.15, -0.1) is 11.3 Å². The smallest absolute Gasteiger partial charge is 0.338 e. The molecule has 0 atom stereocenters. The molecule has 2 N–H and O–H groups in total. The minimum Gasteiger partial charge on any atom is -0.338 e. The Kier molecular flexibility index (Phi) is 6.44. The van der Waals surface area contributed by atoms with Crippen LogP contribution in [0.15, 0.2) is 21.4 Å². The van der Waals surface area contributed by atoms with Crippen LogP contribution in [0.4, 0.5) is 5.13 Å². The maximum atomic E-state index is 12.5. The van der Waals surface area contributed by atoms with Crippen molar-refractivity contribution in [3.05, 3.63) is 33.3 Å². The van der Waals surface area contributed by atoms with Crippen molar-refractivity contribution in [2.75, 3.05) is 31.7 Å². The molecule has 0 unspecified atom stereocenters. The fourth-order valence-electron chi connectivity index (χ4n) is 3.01. The van der Waals surface area contributed by atoms with Gasteiger partial charge in [0.25, 0.3) is 0 Å². The number of anilines is 1. The molecule has 1 aliphatic rings. The van der Waals surface area contributed by atoms with Crippen molar-refractivity contribution in [1.29, 1.82) is 0 Å². The van der Waals surface area contributed by atoms with E-state index in [1.54, 1.807) is 6.20 Å². The molecule has 2 heterocycles. The molecule has 2 aromatic heterocycles. The molecule has 1 amide bonds. The molecule has 0 bridgehead atoms. The van der Waals surface area contributed by atoms with E-state index in [0.717, 1.165) is 43.5 Å². The molecule has 1 aliphatic carbocycles. The molecular formula is C17H24N5O2S2+. The third-order valence-corrected chi connectivity index (χ3v) is 6.01. The van der Waals surface area contributed by atoms with Gasteiger partial charge in [-0.3, -0.25) is 9.36 Å². The van der Waals surface area contributed by atoms with Crippen LogP contribution in [0, 0.1) is 0 Å². The zero-order valence-electron chi connectivity index (χ0n) is 15.1. The number of hydrogen-bond acceptors (Lipinski definition) is 6. The first-order valence-electron chi connectivity index (χ1n) is 8.78. The van der Waals surface area contributed by atoms with Gasteiger partial charge in [-0.25, -0.2) is 9.78 Å². The highest BCUT2D eigenvalue weighted by molar-refractivity contribution is 8.00. The number of fused-ring (bicyclic) bond motifs is 1. The van der Waals surface area contributed by atoms with E-state index in [2.05, 4.69) is 29.4 Å². The number of hydrogen-bond donors (Lipinski definition) is 2. The van der Waals surface area contributed by atoms with Crippen molar-refractivity contribution >= 4 is 34.1 Å². The minimum atomic E-state index is -0.199. The Morgan fingerprint density at radius 2 is 2.19 bits per heavy atom. The van der Waals surface area contributed by atoms with E-state index in [4.69, 9.17) is 0 Å². The summed E-state index contributed by atoms with van der Waals surface area (Å²) in [6.07, 6.45) is 5.69. The van der Waals surface area contributed by atoms with Crippen molar-refractivity contribution in [2.45, 2.75) is 37.3 Å². The van der Waals surface area contributed by atoms with Gasteiger partial charge in [0, 0.05) is 22.8 Å². The second-order valence-corrected chi connectivity index (χ2v) is 8.47.